The zero-order valence-corrected chi connectivity index (χ0v) is 25.0. The standard InChI is InChI=1S/C14H19N5O2.C10H11ClN4O2.C4H9N/c20-13-11-9-15-12(10-3-7-21-8-4-10)19(11)17-14(16-13)18-5-1-2-6-18;11-10-13-9(16)7-5-12-8(15(7)14-10)6-1-3-17-4-2-6;1-2-4-5-3-1/h9-10H,1-8H2,(H,16,17,20);5-6H,1-4H2,(H,13,14,16);5H,1-4H2. The molecule has 0 amide bonds. The van der Waals surface area contributed by atoms with Gasteiger partial charge in [-0.15, -0.1) is 10.2 Å². The molecule has 8 heterocycles. The minimum Gasteiger partial charge on any atom is -0.381 e. The third kappa shape index (κ3) is 6.92. The number of aromatic nitrogens is 8. The Kier molecular flexibility index (Phi) is 9.66. The predicted molar refractivity (Wildman–Crippen MR) is 161 cm³/mol. The Morgan fingerprint density at radius 1 is 0.721 bits per heavy atom. The van der Waals surface area contributed by atoms with Gasteiger partial charge >= 0.3 is 0 Å². The van der Waals surface area contributed by atoms with Crippen LogP contribution in [0.5, 0.6) is 0 Å². The minimum absolute atomic E-state index is 0.0776. The zero-order chi connectivity index (χ0) is 29.6. The van der Waals surface area contributed by atoms with Gasteiger partial charge in [0.1, 0.15) is 11.6 Å². The minimum atomic E-state index is -0.268. The summed E-state index contributed by atoms with van der Waals surface area (Å²) in [4.78, 5) is 40.1. The highest BCUT2D eigenvalue weighted by atomic mass is 35.5. The van der Waals surface area contributed by atoms with E-state index in [-0.39, 0.29) is 22.3 Å². The van der Waals surface area contributed by atoms with Crippen LogP contribution in [0.2, 0.25) is 5.28 Å². The van der Waals surface area contributed by atoms with E-state index in [1.807, 2.05) is 0 Å². The number of H-pyrrole nitrogens is 2. The van der Waals surface area contributed by atoms with E-state index in [0.29, 0.717) is 22.9 Å². The molecule has 0 bridgehead atoms. The first kappa shape index (κ1) is 29.7. The first-order valence-corrected chi connectivity index (χ1v) is 15.7. The molecule has 0 aromatic carbocycles. The van der Waals surface area contributed by atoms with E-state index < -0.39 is 0 Å². The van der Waals surface area contributed by atoms with Crippen LogP contribution in [0.3, 0.4) is 0 Å². The monoisotopic (exact) mass is 614 g/mol. The fourth-order valence-corrected chi connectivity index (χ4v) is 6.12. The fraction of sp³-hybridized carbons (Fsp3) is 0.643. The molecule has 0 aliphatic carbocycles. The first-order valence-electron chi connectivity index (χ1n) is 15.3. The molecule has 4 aromatic heterocycles. The van der Waals surface area contributed by atoms with Crippen LogP contribution >= 0.6 is 11.6 Å². The van der Waals surface area contributed by atoms with E-state index in [2.05, 4.69) is 40.3 Å². The Morgan fingerprint density at radius 3 is 1.74 bits per heavy atom. The third-order valence-corrected chi connectivity index (χ3v) is 8.52. The van der Waals surface area contributed by atoms with Gasteiger partial charge in [-0.3, -0.25) is 19.6 Å². The lowest BCUT2D eigenvalue weighted by atomic mass is 10.00. The van der Waals surface area contributed by atoms with Crippen LogP contribution in [-0.4, -0.2) is 91.8 Å². The van der Waals surface area contributed by atoms with Gasteiger partial charge in [-0.1, -0.05) is 0 Å². The van der Waals surface area contributed by atoms with Crippen molar-refractivity contribution in [1.29, 1.82) is 0 Å². The largest absolute Gasteiger partial charge is 0.381 e. The Bertz CT molecular complexity index is 1600. The smallest absolute Gasteiger partial charge is 0.278 e. The zero-order valence-electron chi connectivity index (χ0n) is 24.3. The van der Waals surface area contributed by atoms with Crippen molar-refractivity contribution in [2.75, 3.05) is 57.5 Å². The van der Waals surface area contributed by atoms with Gasteiger partial charge in [-0.05, 0) is 76.1 Å². The highest BCUT2D eigenvalue weighted by molar-refractivity contribution is 6.28. The number of imidazole rings is 2. The van der Waals surface area contributed by atoms with E-state index in [4.69, 9.17) is 21.1 Å². The molecule has 0 unspecified atom stereocenters. The van der Waals surface area contributed by atoms with Gasteiger partial charge in [0.05, 0.1) is 12.4 Å². The maximum Gasteiger partial charge on any atom is 0.278 e. The molecular weight excluding hydrogens is 576 g/mol. The van der Waals surface area contributed by atoms with E-state index in [1.54, 1.807) is 10.7 Å². The molecule has 232 valence electrons. The Hall–Kier alpha value is -3.33. The molecule has 3 N–H and O–H groups in total. The van der Waals surface area contributed by atoms with Crippen molar-refractivity contribution in [3.8, 4) is 0 Å². The average molecular weight is 615 g/mol. The molecule has 0 atom stereocenters. The van der Waals surface area contributed by atoms with Crippen LogP contribution in [0.25, 0.3) is 11.0 Å². The molecule has 43 heavy (non-hydrogen) atoms. The maximum absolute atomic E-state index is 12.2. The van der Waals surface area contributed by atoms with Crippen LogP contribution < -0.4 is 21.3 Å². The SMILES string of the molecule is C1CCNC1.O=c1[nH]c(Cl)nn2c(C3CCOCC3)ncc12.O=c1[nH]c(N2CCCC2)nn2c(C3CCOCC3)ncc12. The summed E-state index contributed by atoms with van der Waals surface area (Å²) in [6, 6.07) is 0. The summed E-state index contributed by atoms with van der Waals surface area (Å²) in [5.41, 5.74) is 0.573. The van der Waals surface area contributed by atoms with Gasteiger partial charge in [0.2, 0.25) is 11.2 Å². The van der Waals surface area contributed by atoms with E-state index >= 15 is 0 Å². The molecule has 0 saturated carbocycles. The summed E-state index contributed by atoms with van der Waals surface area (Å²) >= 11 is 5.75. The summed E-state index contributed by atoms with van der Waals surface area (Å²) < 4.78 is 14.0. The number of fused-ring (bicyclic) bond motifs is 2. The van der Waals surface area contributed by atoms with Crippen LogP contribution in [-0.2, 0) is 9.47 Å². The van der Waals surface area contributed by atoms with Crippen LogP contribution in [0.4, 0.5) is 5.95 Å². The maximum atomic E-state index is 12.2. The summed E-state index contributed by atoms with van der Waals surface area (Å²) in [6.07, 6.45) is 11.9. The number of halogens is 1. The van der Waals surface area contributed by atoms with Crippen LogP contribution in [0.1, 0.15) is 74.9 Å². The fourth-order valence-electron chi connectivity index (χ4n) is 5.96. The second-order valence-electron chi connectivity index (χ2n) is 11.3. The summed E-state index contributed by atoms with van der Waals surface area (Å²) in [5, 5.41) is 12.0. The molecule has 4 fully saturated rings. The highest BCUT2D eigenvalue weighted by Crippen LogP contribution is 2.27. The quantitative estimate of drug-likeness (QED) is 0.312. The number of nitrogens with zero attached hydrogens (tertiary/aromatic N) is 7. The Balaban J connectivity index is 0.000000134. The second kappa shape index (κ2) is 14.0. The first-order chi connectivity index (χ1) is 21.1. The van der Waals surface area contributed by atoms with Gasteiger partial charge in [-0.2, -0.15) is 0 Å². The lowest BCUT2D eigenvalue weighted by Crippen LogP contribution is -2.26. The Morgan fingerprint density at radius 2 is 1.23 bits per heavy atom. The molecule has 15 heteroatoms. The van der Waals surface area contributed by atoms with Gasteiger partial charge in [0, 0.05) is 51.4 Å². The molecule has 4 saturated heterocycles. The molecule has 4 aliphatic heterocycles. The second-order valence-corrected chi connectivity index (χ2v) is 11.6. The van der Waals surface area contributed by atoms with Crippen LogP contribution in [0.15, 0.2) is 22.0 Å². The number of hydrogen-bond acceptors (Lipinski definition) is 10. The summed E-state index contributed by atoms with van der Waals surface area (Å²) in [6.45, 7) is 7.35. The highest BCUT2D eigenvalue weighted by Gasteiger charge is 2.24. The molecule has 0 spiro atoms. The number of anilines is 1. The molecule has 14 nitrogen and oxygen atoms in total. The molecule has 0 radical (unpaired) electrons. The Labute approximate surface area is 253 Å². The van der Waals surface area contributed by atoms with Gasteiger partial charge in [-0.25, -0.2) is 19.0 Å². The van der Waals surface area contributed by atoms with Crippen molar-refractivity contribution in [3.63, 3.8) is 0 Å². The van der Waals surface area contributed by atoms with Crippen molar-refractivity contribution >= 4 is 28.6 Å². The molecular formula is C28H39ClN10O4. The molecule has 4 aliphatic rings. The number of nitrogens with one attached hydrogen (secondary N) is 3. The summed E-state index contributed by atoms with van der Waals surface area (Å²) in [5.74, 6) is 2.94. The number of rotatable bonds is 3. The lowest BCUT2D eigenvalue weighted by molar-refractivity contribution is 0.0831. The van der Waals surface area contributed by atoms with E-state index in [0.717, 1.165) is 89.7 Å². The van der Waals surface area contributed by atoms with Gasteiger partial charge < -0.3 is 19.7 Å². The number of hydrogen-bond donors (Lipinski definition) is 3. The average Bonchev–Trinajstić information content (AvgIpc) is 3.86. The van der Waals surface area contributed by atoms with E-state index in [9.17, 15) is 9.59 Å². The lowest BCUT2D eigenvalue weighted by Gasteiger charge is -2.21. The van der Waals surface area contributed by atoms with Crippen molar-refractivity contribution in [3.05, 3.63) is 50.0 Å². The van der Waals surface area contributed by atoms with E-state index in [1.165, 1.54) is 36.6 Å². The van der Waals surface area contributed by atoms with Gasteiger partial charge in [0.15, 0.2) is 11.0 Å². The van der Waals surface area contributed by atoms with Crippen molar-refractivity contribution in [1.82, 2.24) is 44.5 Å². The van der Waals surface area contributed by atoms with Crippen molar-refractivity contribution < 1.29 is 9.47 Å². The topological polar surface area (TPSA) is 160 Å². The third-order valence-electron chi connectivity index (χ3n) is 8.35. The molecule has 4 aromatic rings. The number of aromatic amines is 2. The van der Waals surface area contributed by atoms with Crippen molar-refractivity contribution in [2.24, 2.45) is 0 Å². The number of ether oxygens (including phenoxy) is 2. The predicted octanol–water partition coefficient (Wildman–Crippen LogP) is 2.25. The van der Waals surface area contributed by atoms with Crippen molar-refractivity contribution in [2.45, 2.75) is 63.2 Å². The summed E-state index contributed by atoms with van der Waals surface area (Å²) in [7, 11) is 0. The normalized spacial score (nSPS) is 19.8. The molecule has 8 rings (SSSR count). The van der Waals surface area contributed by atoms with Gasteiger partial charge in [0.25, 0.3) is 11.1 Å². The van der Waals surface area contributed by atoms with Crippen LogP contribution in [0, 0.1) is 0 Å².